The van der Waals surface area contributed by atoms with Crippen LogP contribution in [-0.4, -0.2) is 43.1 Å². The average molecular weight is 372 g/mol. The number of nitrogens with zero attached hydrogens (tertiary/aromatic N) is 3. The third-order valence-corrected chi connectivity index (χ3v) is 6.05. The number of hydrogen-bond donors (Lipinski definition) is 1. The smallest absolute Gasteiger partial charge is 0.302 e. The molecule has 0 fully saturated rings. The normalized spacial score (nSPS) is 13.4. The van der Waals surface area contributed by atoms with Crippen LogP contribution >= 0.6 is 11.3 Å². The summed E-state index contributed by atoms with van der Waals surface area (Å²) in [5.41, 5.74) is -1.42. The summed E-state index contributed by atoms with van der Waals surface area (Å²) in [6.07, 6.45) is 1.04. The summed E-state index contributed by atoms with van der Waals surface area (Å²) in [5, 5.41) is 1.92. The van der Waals surface area contributed by atoms with E-state index in [1.165, 1.54) is 25.4 Å². The predicted octanol–water partition coefficient (Wildman–Crippen LogP) is -0.273. The number of hydrogen-bond acceptors (Lipinski definition) is 6. The fourth-order valence-corrected chi connectivity index (χ4v) is 4.36. The third kappa shape index (κ3) is 3.66. The molecule has 1 N–H and O–H groups in total. The molecule has 0 bridgehead atoms. The molecular weight excluding hydrogens is 352 g/mol. The van der Waals surface area contributed by atoms with Crippen molar-refractivity contribution in [1.82, 2.24) is 18.8 Å². The second-order valence-corrected chi connectivity index (χ2v) is 8.31. The molecule has 0 aromatic carbocycles. The Morgan fingerprint density at radius 3 is 2.50 bits per heavy atom. The van der Waals surface area contributed by atoms with Gasteiger partial charge in [-0.2, -0.15) is 0 Å². The van der Waals surface area contributed by atoms with Crippen molar-refractivity contribution >= 4 is 21.4 Å². The van der Waals surface area contributed by atoms with E-state index in [4.69, 9.17) is 0 Å². The van der Waals surface area contributed by atoms with E-state index in [1.54, 1.807) is 0 Å². The molecule has 24 heavy (non-hydrogen) atoms. The van der Waals surface area contributed by atoms with E-state index >= 15 is 0 Å². The fraction of sp³-hybridized carbons (Fsp3) is 0.429. The van der Waals surface area contributed by atoms with Gasteiger partial charge in [-0.3, -0.25) is 9.36 Å². The number of aryl methyl sites for hydroxylation is 1. The first-order chi connectivity index (χ1) is 11.1. The second-order valence-electron chi connectivity index (χ2n) is 5.60. The van der Waals surface area contributed by atoms with Crippen LogP contribution in [0, 0.1) is 0 Å². The maximum atomic E-state index is 12.5. The van der Waals surface area contributed by atoms with Gasteiger partial charge in [-0.25, -0.2) is 17.9 Å². The van der Waals surface area contributed by atoms with E-state index in [0.29, 0.717) is 0 Å². The molecule has 1 unspecified atom stereocenters. The van der Waals surface area contributed by atoms with Crippen molar-refractivity contribution in [2.45, 2.75) is 10.9 Å². The lowest BCUT2D eigenvalue weighted by molar-refractivity contribution is 0.303. The topological polar surface area (TPSA) is 93.4 Å². The molecule has 0 spiro atoms. The van der Waals surface area contributed by atoms with Crippen molar-refractivity contribution in [2.24, 2.45) is 14.1 Å². The van der Waals surface area contributed by atoms with Gasteiger partial charge in [-0.1, -0.05) is 6.07 Å². The molecule has 1 atom stereocenters. The minimum absolute atomic E-state index is 0.113. The molecule has 0 aliphatic rings. The van der Waals surface area contributed by atoms with Crippen LogP contribution < -0.4 is 16.0 Å². The molecule has 2 aromatic heterocycles. The van der Waals surface area contributed by atoms with Crippen molar-refractivity contribution in [3.63, 3.8) is 0 Å². The first-order valence-electron chi connectivity index (χ1n) is 7.11. The van der Waals surface area contributed by atoms with E-state index in [2.05, 4.69) is 4.72 Å². The first kappa shape index (κ1) is 18.6. The highest BCUT2D eigenvalue weighted by molar-refractivity contribution is 7.89. The van der Waals surface area contributed by atoms with Gasteiger partial charge in [0.2, 0.25) is 10.0 Å². The number of likely N-dealkylation sites (N-methyl/N-ethyl adjacent to an activating group) is 1. The molecule has 8 nitrogen and oxygen atoms in total. The molecule has 2 aromatic rings. The van der Waals surface area contributed by atoms with E-state index in [0.717, 1.165) is 20.2 Å². The van der Waals surface area contributed by atoms with Crippen LogP contribution in [0.2, 0.25) is 0 Å². The van der Waals surface area contributed by atoms with Crippen LogP contribution in [0.1, 0.15) is 10.9 Å². The highest BCUT2D eigenvalue weighted by Crippen LogP contribution is 2.22. The summed E-state index contributed by atoms with van der Waals surface area (Å²) in [6, 6.07) is 3.67. The average Bonchev–Trinajstić information content (AvgIpc) is 3.02. The Kier molecular flexibility index (Phi) is 5.43. The standard InChI is InChI=1S/C14H20N4O4S2/c1-16(2)10(11-6-5-7-23-11)8-15-24(21,22)12-9-17(3)14(20)18(4)13(12)19/h5-7,9-10,15H,8H2,1-4H3. The molecule has 2 rings (SSSR count). The third-order valence-electron chi connectivity index (χ3n) is 3.67. The van der Waals surface area contributed by atoms with E-state index in [1.807, 2.05) is 36.5 Å². The number of sulfonamides is 1. The van der Waals surface area contributed by atoms with Crippen LogP contribution in [0.4, 0.5) is 0 Å². The van der Waals surface area contributed by atoms with Gasteiger partial charge in [-0.15, -0.1) is 11.3 Å². The Hall–Kier alpha value is -1.75. The Morgan fingerprint density at radius 2 is 1.96 bits per heavy atom. The van der Waals surface area contributed by atoms with Gasteiger partial charge in [0.05, 0.1) is 6.04 Å². The van der Waals surface area contributed by atoms with Gasteiger partial charge < -0.3 is 9.47 Å². The molecule has 0 amide bonds. The van der Waals surface area contributed by atoms with Gasteiger partial charge in [0, 0.05) is 31.7 Å². The lowest BCUT2D eigenvalue weighted by Gasteiger charge is -2.23. The number of rotatable bonds is 6. The number of nitrogens with one attached hydrogen (secondary N) is 1. The zero-order valence-corrected chi connectivity index (χ0v) is 15.5. The Bertz CT molecular complexity index is 927. The lowest BCUT2D eigenvalue weighted by atomic mass is 10.2. The van der Waals surface area contributed by atoms with E-state index < -0.39 is 26.2 Å². The zero-order chi connectivity index (χ0) is 18.1. The Balaban J connectivity index is 2.33. The summed E-state index contributed by atoms with van der Waals surface area (Å²) in [7, 11) is 2.31. The van der Waals surface area contributed by atoms with Crippen LogP contribution in [-0.2, 0) is 24.1 Å². The summed E-state index contributed by atoms with van der Waals surface area (Å²) < 4.78 is 29.3. The largest absolute Gasteiger partial charge is 0.330 e. The molecule has 132 valence electrons. The van der Waals surface area contributed by atoms with Crippen molar-refractivity contribution in [2.75, 3.05) is 20.6 Å². The van der Waals surface area contributed by atoms with Crippen molar-refractivity contribution in [1.29, 1.82) is 0 Å². The maximum Gasteiger partial charge on any atom is 0.330 e. The van der Waals surface area contributed by atoms with Gasteiger partial charge >= 0.3 is 5.69 Å². The minimum atomic E-state index is -4.04. The van der Waals surface area contributed by atoms with Crippen molar-refractivity contribution in [3.8, 4) is 0 Å². The quantitative estimate of drug-likeness (QED) is 0.753. The highest BCUT2D eigenvalue weighted by atomic mass is 32.2. The van der Waals surface area contributed by atoms with Crippen LogP contribution in [0.5, 0.6) is 0 Å². The van der Waals surface area contributed by atoms with Crippen molar-refractivity contribution in [3.05, 3.63) is 49.4 Å². The molecule has 2 heterocycles. The second kappa shape index (κ2) is 7.01. The van der Waals surface area contributed by atoms with Gasteiger partial charge in [-0.05, 0) is 25.5 Å². The Labute approximate surface area is 144 Å². The van der Waals surface area contributed by atoms with Crippen molar-refractivity contribution < 1.29 is 8.42 Å². The number of thiophene rings is 1. The number of aromatic nitrogens is 2. The highest BCUT2D eigenvalue weighted by Gasteiger charge is 2.24. The molecule has 10 heteroatoms. The van der Waals surface area contributed by atoms with E-state index in [9.17, 15) is 18.0 Å². The monoisotopic (exact) mass is 372 g/mol. The fourth-order valence-electron chi connectivity index (χ4n) is 2.24. The minimum Gasteiger partial charge on any atom is -0.302 e. The molecule has 0 saturated heterocycles. The molecular formula is C14H20N4O4S2. The Morgan fingerprint density at radius 1 is 1.29 bits per heavy atom. The maximum absolute atomic E-state index is 12.5. The van der Waals surface area contributed by atoms with Crippen LogP contribution in [0.15, 0.2) is 38.2 Å². The van der Waals surface area contributed by atoms with Crippen LogP contribution in [0.25, 0.3) is 0 Å². The summed E-state index contributed by atoms with van der Waals surface area (Å²) in [6.45, 7) is 0.113. The molecule has 0 radical (unpaired) electrons. The van der Waals surface area contributed by atoms with Gasteiger partial charge in [0.1, 0.15) is 0 Å². The molecule has 0 aliphatic carbocycles. The van der Waals surface area contributed by atoms with E-state index in [-0.39, 0.29) is 12.6 Å². The lowest BCUT2D eigenvalue weighted by Crippen LogP contribution is -2.42. The first-order valence-corrected chi connectivity index (χ1v) is 9.47. The molecule has 0 aliphatic heterocycles. The summed E-state index contributed by atoms with van der Waals surface area (Å²) >= 11 is 1.53. The summed E-state index contributed by atoms with van der Waals surface area (Å²) in [4.78, 5) is 26.3. The zero-order valence-electron chi connectivity index (χ0n) is 13.9. The summed E-state index contributed by atoms with van der Waals surface area (Å²) in [5.74, 6) is 0. The SMILES string of the molecule is CN(C)C(CNS(=O)(=O)c1cn(C)c(=O)n(C)c1=O)c1cccs1. The predicted molar refractivity (Wildman–Crippen MR) is 92.9 cm³/mol. The molecule has 0 saturated carbocycles. The van der Waals surface area contributed by atoms with Crippen LogP contribution in [0.3, 0.4) is 0 Å². The van der Waals surface area contributed by atoms with Gasteiger partial charge in [0.25, 0.3) is 5.56 Å². The van der Waals surface area contributed by atoms with Gasteiger partial charge in [0.15, 0.2) is 4.90 Å².